The van der Waals surface area contributed by atoms with Crippen molar-refractivity contribution in [1.82, 2.24) is 0 Å². The molecule has 0 aromatic heterocycles. The zero-order valence-corrected chi connectivity index (χ0v) is 16.2. The summed E-state index contributed by atoms with van der Waals surface area (Å²) < 4.78 is 6.78. The molecule has 1 amide bonds. The Labute approximate surface area is 156 Å². The van der Waals surface area contributed by atoms with Crippen LogP contribution in [0.4, 0.5) is 5.69 Å². The Morgan fingerprint density at radius 3 is 2.46 bits per heavy atom. The highest BCUT2D eigenvalue weighted by molar-refractivity contribution is 9.11. The number of phenols is 1. The van der Waals surface area contributed by atoms with Gasteiger partial charge in [-0.05, 0) is 81.6 Å². The van der Waals surface area contributed by atoms with E-state index in [1.807, 2.05) is 32.0 Å². The molecular weight excluding hydrogens is 438 g/mol. The maximum absolute atomic E-state index is 12.3. The molecule has 0 saturated heterocycles. The number of halogens is 2. The predicted octanol–water partition coefficient (Wildman–Crippen LogP) is 5.20. The molecule has 1 aliphatic rings. The highest BCUT2D eigenvalue weighted by Crippen LogP contribution is 2.38. The summed E-state index contributed by atoms with van der Waals surface area (Å²) >= 11 is 6.60. The van der Waals surface area contributed by atoms with Gasteiger partial charge in [0.2, 0.25) is 0 Å². The lowest BCUT2D eigenvalue weighted by molar-refractivity contribution is -0.110. The van der Waals surface area contributed by atoms with E-state index in [-0.39, 0.29) is 17.8 Å². The molecule has 124 valence electrons. The van der Waals surface area contributed by atoms with Gasteiger partial charge in [-0.25, -0.2) is 0 Å². The molecule has 0 aliphatic carbocycles. The van der Waals surface area contributed by atoms with Crippen molar-refractivity contribution in [3.8, 4) is 11.5 Å². The average Bonchev–Trinajstić information content (AvgIpc) is 2.79. The lowest BCUT2D eigenvalue weighted by Crippen LogP contribution is -2.06. The van der Waals surface area contributed by atoms with E-state index >= 15 is 0 Å². The molecule has 2 aromatic rings. The van der Waals surface area contributed by atoms with E-state index in [0.29, 0.717) is 14.5 Å². The number of ether oxygens (including phenoxy) is 1. The van der Waals surface area contributed by atoms with Gasteiger partial charge >= 0.3 is 0 Å². The summed E-state index contributed by atoms with van der Waals surface area (Å²) in [7, 11) is 0. The van der Waals surface area contributed by atoms with Crippen LogP contribution >= 0.6 is 31.9 Å². The van der Waals surface area contributed by atoms with Gasteiger partial charge in [-0.3, -0.25) is 4.79 Å². The third-order valence-corrected chi connectivity index (χ3v) is 4.71. The molecule has 0 atom stereocenters. The van der Waals surface area contributed by atoms with E-state index < -0.39 is 0 Å². The van der Waals surface area contributed by atoms with Crippen LogP contribution in [0.2, 0.25) is 0 Å². The molecule has 4 nitrogen and oxygen atoms in total. The van der Waals surface area contributed by atoms with Crippen LogP contribution in [-0.4, -0.2) is 17.1 Å². The smallest absolute Gasteiger partial charge is 0.256 e. The number of amides is 1. The fraction of sp³-hybridized carbons (Fsp3) is 0.167. The van der Waals surface area contributed by atoms with Crippen molar-refractivity contribution >= 4 is 55.1 Å². The number of hydrogen-bond donors (Lipinski definition) is 2. The number of hydrogen-bond acceptors (Lipinski definition) is 3. The molecule has 0 unspecified atom stereocenters. The minimum Gasteiger partial charge on any atom is -0.506 e. The van der Waals surface area contributed by atoms with Crippen LogP contribution in [0.5, 0.6) is 11.5 Å². The van der Waals surface area contributed by atoms with Gasteiger partial charge in [0.15, 0.2) is 0 Å². The number of benzene rings is 2. The van der Waals surface area contributed by atoms with E-state index in [1.165, 1.54) is 0 Å². The van der Waals surface area contributed by atoms with Gasteiger partial charge < -0.3 is 15.2 Å². The average molecular weight is 453 g/mol. The first-order chi connectivity index (χ1) is 11.3. The second-order valence-electron chi connectivity index (χ2n) is 5.72. The lowest BCUT2D eigenvalue weighted by Gasteiger charge is -2.10. The van der Waals surface area contributed by atoms with E-state index in [9.17, 15) is 9.90 Å². The van der Waals surface area contributed by atoms with Gasteiger partial charge in [-0.1, -0.05) is 0 Å². The summed E-state index contributed by atoms with van der Waals surface area (Å²) in [5, 5.41) is 12.7. The Hall–Kier alpha value is -1.79. The quantitative estimate of drug-likeness (QED) is 0.629. The monoisotopic (exact) mass is 451 g/mol. The second-order valence-corrected chi connectivity index (χ2v) is 7.43. The number of nitrogens with one attached hydrogen (secondary N) is 1. The minimum atomic E-state index is -0.160. The van der Waals surface area contributed by atoms with Crippen molar-refractivity contribution in [3.63, 3.8) is 0 Å². The van der Waals surface area contributed by atoms with Crippen molar-refractivity contribution < 1.29 is 14.6 Å². The van der Waals surface area contributed by atoms with E-state index in [0.717, 1.165) is 22.6 Å². The van der Waals surface area contributed by atoms with Gasteiger partial charge in [-0.2, -0.15) is 0 Å². The normalized spacial score (nSPS) is 14.9. The molecule has 3 rings (SSSR count). The number of phenolic OH excluding ortho intramolecular Hbond substituents is 1. The van der Waals surface area contributed by atoms with E-state index in [2.05, 4.69) is 37.2 Å². The molecule has 0 saturated carbocycles. The van der Waals surface area contributed by atoms with Crippen molar-refractivity contribution in [1.29, 1.82) is 0 Å². The molecule has 0 fully saturated rings. The molecule has 6 heteroatoms. The molecule has 2 aromatic carbocycles. The summed E-state index contributed by atoms with van der Waals surface area (Å²) in [6.07, 6.45) is 1.86. The fourth-order valence-electron chi connectivity index (χ4n) is 2.50. The second kappa shape index (κ2) is 6.61. The molecule has 0 radical (unpaired) electrons. The number of anilines is 1. The molecule has 1 aliphatic heterocycles. The highest BCUT2D eigenvalue weighted by Gasteiger charge is 2.24. The lowest BCUT2D eigenvalue weighted by atomic mass is 10.0. The van der Waals surface area contributed by atoms with E-state index in [1.54, 1.807) is 18.2 Å². The Bertz CT molecular complexity index is 836. The van der Waals surface area contributed by atoms with E-state index in [4.69, 9.17) is 4.74 Å². The van der Waals surface area contributed by atoms with Gasteiger partial charge in [0.05, 0.1) is 20.7 Å². The minimum absolute atomic E-state index is 0.0712. The summed E-state index contributed by atoms with van der Waals surface area (Å²) in [6, 6.07) is 9.08. The summed E-state index contributed by atoms with van der Waals surface area (Å²) in [5.41, 5.74) is 2.94. The Morgan fingerprint density at radius 2 is 1.83 bits per heavy atom. The topological polar surface area (TPSA) is 58.6 Å². The highest BCUT2D eigenvalue weighted by atomic mass is 79.9. The summed E-state index contributed by atoms with van der Waals surface area (Å²) in [4.78, 5) is 12.3. The van der Waals surface area contributed by atoms with Crippen LogP contribution in [0.3, 0.4) is 0 Å². The predicted molar refractivity (Wildman–Crippen MR) is 102 cm³/mol. The number of carbonyl (C=O) groups excluding carboxylic acids is 1. The fourth-order valence-corrected chi connectivity index (χ4v) is 3.72. The summed E-state index contributed by atoms with van der Waals surface area (Å²) in [5.74, 6) is 0.691. The van der Waals surface area contributed by atoms with Gasteiger partial charge in [0.1, 0.15) is 11.5 Å². The Kier molecular flexibility index (Phi) is 4.69. The Balaban J connectivity index is 2.01. The molecule has 1 heterocycles. The zero-order chi connectivity index (χ0) is 17.4. The first kappa shape index (κ1) is 17.0. The van der Waals surface area contributed by atoms with Gasteiger partial charge in [-0.15, -0.1) is 0 Å². The zero-order valence-electron chi connectivity index (χ0n) is 13.1. The van der Waals surface area contributed by atoms with Crippen LogP contribution in [0.1, 0.15) is 25.0 Å². The number of rotatable bonds is 3. The standard InChI is InChI=1S/C18H15Br2NO3/c1-9(2)24-11-3-4-12-13(18(23)21-16(12)8-11)5-10-6-14(19)17(22)15(20)7-10/h3-9,22H,1-2H3,(H,21,23)/b13-5-. The third-order valence-electron chi connectivity index (χ3n) is 3.50. The maximum Gasteiger partial charge on any atom is 0.256 e. The number of carbonyl (C=O) groups is 1. The first-order valence-corrected chi connectivity index (χ1v) is 8.96. The van der Waals surface area contributed by atoms with Crippen molar-refractivity contribution in [3.05, 3.63) is 50.4 Å². The summed E-state index contributed by atoms with van der Waals surface area (Å²) in [6.45, 7) is 3.91. The van der Waals surface area contributed by atoms with Crippen LogP contribution in [-0.2, 0) is 4.79 Å². The first-order valence-electron chi connectivity index (χ1n) is 7.37. The molecule has 0 bridgehead atoms. The third kappa shape index (κ3) is 3.35. The van der Waals surface area contributed by atoms with Crippen LogP contribution in [0.25, 0.3) is 11.6 Å². The molecule has 2 N–H and O–H groups in total. The number of aromatic hydroxyl groups is 1. The van der Waals surface area contributed by atoms with Crippen LogP contribution < -0.4 is 10.1 Å². The van der Waals surface area contributed by atoms with Crippen molar-refractivity contribution in [2.24, 2.45) is 0 Å². The SMILES string of the molecule is CC(C)Oc1ccc2c(c1)NC(=O)/C2=C\c1cc(Br)c(O)c(Br)c1. The van der Waals surface area contributed by atoms with Crippen LogP contribution in [0.15, 0.2) is 39.3 Å². The van der Waals surface area contributed by atoms with Crippen molar-refractivity contribution in [2.45, 2.75) is 20.0 Å². The number of fused-ring (bicyclic) bond motifs is 1. The van der Waals surface area contributed by atoms with Crippen LogP contribution in [0, 0.1) is 0 Å². The molecule has 24 heavy (non-hydrogen) atoms. The molecule has 0 spiro atoms. The largest absolute Gasteiger partial charge is 0.506 e. The van der Waals surface area contributed by atoms with Gasteiger partial charge in [0.25, 0.3) is 5.91 Å². The maximum atomic E-state index is 12.3. The molecular formula is C18H15Br2NO3. The van der Waals surface area contributed by atoms with Gasteiger partial charge in [0, 0.05) is 17.2 Å². The van der Waals surface area contributed by atoms with Crippen molar-refractivity contribution in [2.75, 3.05) is 5.32 Å². The Morgan fingerprint density at radius 1 is 1.17 bits per heavy atom.